The fourth-order valence-corrected chi connectivity index (χ4v) is 5.46. The molecule has 1 atom stereocenters. The molecule has 1 unspecified atom stereocenters. The van der Waals surface area contributed by atoms with E-state index in [1.165, 1.54) is 22.7 Å². The van der Waals surface area contributed by atoms with E-state index in [2.05, 4.69) is 42.9 Å². The van der Waals surface area contributed by atoms with E-state index in [0.29, 0.717) is 16.7 Å². The van der Waals surface area contributed by atoms with Crippen molar-refractivity contribution in [3.05, 3.63) is 46.5 Å². The lowest BCUT2D eigenvalue weighted by Gasteiger charge is -2.18. The van der Waals surface area contributed by atoms with Gasteiger partial charge in [0.1, 0.15) is 16.1 Å². The number of allylic oxidation sites excluding steroid dienone is 4. The average Bonchev–Trinajstić information content (AvgIpc) is 3.58. The molecule has 2 rings (SSSR count). The number of amides is 3. The van der Waals surface area contributed by atoms with Gasteiger partial charge in [-0.15, -0.1) is 20.4 Å². The fraction of sp³-hybridized carbons (Fsp3) is 0.536. The number of aryl methyl sites for hydroxylation is 2. The van der Waals surface area contributed by atoms with E-state index in [1.807, 2.05) is 59.8 Å². The van der Waals surface area contributed by atoms with Gasteiger partial charge in [-0.05, 0) is 50.7 Å². The number of carbonyl (C=O) groups is 3. The smallest absolute Gasteiger partial charge is 0.249 e. The normalized spacial score (nSPS) is 12.4. The Bertz CT molecular complexity index is 1190. The van der Waals surface area contributed by atoms with E-state index in [0.717, 1.165) is 39.9 Å². The van der Waals surface area contributed by atoms with Crippen LogP contribution in [0.25, 0.3) is 0 Å². The molecule has 0 saturated heterocycles. The number of aromatic nitrogens is 4. The fourth-order valence-electron chi connectivity index (χ4n) is 2.83. The lowest BCUT2D eigenvalue weighted by molar-refractivity contribution is -0.122. The minimum absolute atomic E-state index is 0.0417. The maximum Gasteiger partial charge on any atom is 0.249 e. The van der Waals surface area contributed by atoms with Gasteiger partial charge < -0.3 is 15.4 Å². The van der Waals surface area contributed by atoms with Crippen LogP contribution in [-0.2, 0) is 32.0 Å². The zero-order valence-corrected chi connectivity index (χ0v) is 27.9. The number of anilines is 2. The predicted octanol–water partition coefficient (Wildman–Crippen LogP) is 5.07. The van der Waals surface area contributed by atoms with Crippen LogP contribution in [0, 0.1) is 5.92 Å². The van der Waals surface area contributed by atoms with E-state index in [9.17, 15) is 14.4 Å². The zero-order valence-electron chi connectivity index (χ0n) is 25.4. The molecule has 0 saturated carbocycles. The van der Waals surface area contributed by atoms with Gasteiger partial charge in [0.15, 0.2) is 0 Å². The Morgan fingerprint density at radius 3 is 2.02 bits per heavy atom. The van der Waals surface area contributed by atoms with Crippen LogP contribution in [-0.4, -0.2) is 68.9 Å². The monoisotopic (exact) mass is 637 g/mol. The van der Waals surface area contributed by atoms with E-state index in [4.69, 9.17) is 4.74 Å². The molecule has 2 aromatic rings. The molecule has 0 spiro atoms. The molecular formula is C28H43N7O4S3. The molecule has 0 aromatic carbocycles. The molecular weight excluding hydrogens is 595 g/mol. The largest absolute Gasteiger partial charge is 0.379 e. The summed E-state index contributed by atoms with van der Waals surface area (Å²) in [7, 11) is 1.71. The molecule has 42 heavy (non-hydrogen) atoms. The Kier molecular flexibility index (Phi) is 17.7. The van der Waals surface area contributed by atoms with Crippen molar-refractivity contribution in [2.75, 3.05) is 29.2 Å². The second kappa shape index (κ2) is 20.1. The van der Waals surface area contributed by atoms with Crippen molar-refractivity contribution in [3.8, 4) is 0 Å². The molecule has 0 aliphatic rings. The van der Waals surface area contributed by atoms with Crippen molar-refractivity contribution in [2.24, 2.45) is 5.92 Å². The Morgan fingerprint density at radius 2 is 1.57 bits per heavy atom. The summed E-state index contributed by atoms with van der Waals surface area (Å²) < 4.78 is 4.94. The van der Waals surface area contributed by atoms with Crippen LogP contribution in [0.3, 0.4) is 0 Å². The molecule has 0 aliphatic carbocycles. The molecule has 0 bridgehead atoms. The van der Waals surface area contributed by atoms with Crippen LogP contribution in [0.4, 0.5) is 10.3 Å². The molecule has 0 radical (unpaired) electrons. The van der Waals surface area contributed by atoms with E-state index in [1.54, 1.807) is 24.9 Å². The average molecular weight is 638 g/mol. The second-order valence-electron chi connectivity index (χ2n) is 10.1. The number of methoxy groups -OCH3 is 1. The summed E-state index contributed by atoms with van der Waals surface area (Å²) in [5.41, 5.74) is 0.867. The third-order valence-corrected chi connectivity index (χ3v) is 8.05. The molecule has 0 aliphatic heterocycles. The standard InChI is InChI=1S/C23H31N7O3S3.C5H12O/c1-5-7-8-16(6-2)13-17(32)25-22-29-27-18(35-22)9-11-34-12-10-19-28-30-23(36-19)26-21(33)20(15(3)4)24-14-31;1-5(2,3)6-4/h5-8,14-15,20H,2,9-13H2,1,3-4H3,(H,24,31)(H,25,29,32)(H,26,30,33);1-4H3/b7-5-,16-8+;. The molecule has 2 heterocycles. The first-order valence-corrected chi connectivity index (χ1v) is 16.2. The van der Waals surface area contributed by atoms with Gasteiger partial charge in [-0.2, -0.15) is 11.8 Å². The van der Waals surface area contributed by atoms with Crippen molar-refractivity contribution in [3.63, 3.8) is 0 Å². The van der Waals surface area contributed by atoms with Crippen LogP contribution in [0.1, 0.15) is 58.0 Å². The molecule has 2 aromatic heterocycles. The Hall–Kier alpha value is -2.94. The Morgan fingerprint density at radius 1 is 1.02 bits per heavy atom. The van der Waals surface area contributed by atoms with Gasteiger partial charge in [0.05, 0.1) is 12.0 Å². The third kappa shape index (κ3) is 15.9. The molecule has 232 valence electrons. The highest BCUT2D eigenvalue weighted by atomic mass is 32.2. The summed E-state index contributed by atoms with van der Waals surface area (Å²) in [6.07, 6.45) is 9.49. The highest BCUT2D eigenvalue weighted by molar-refractivity contribution is 7.99. The van der Waals surface area contributed by atoms with Crippen molar-refractivity contribution in [2.45, 2.75) is 72.4 Å². The summed E-state index contributed by atoms with van der Waals surface area (Å²) in [6.45, 7) is 15.4. The first-order chi connectivity index (χ1) is 19.9. The van der Waals surface area contributed by atoms with Crippen LogP contribution >= 0.6 is 34.4 Å². The molecule has 14 heteroatoms. The van der Waals surface area contributed by atoms with Crippen LogP contribution < -0.4 is 16.0 Å². The summed E-state index contributed by atoms with van der Waals surface area (Å²) in [4.78, 5) is 35.2. The second-order valence-corrected chi connectivity index (χ2v) is 13.5. The molecule has 0 fully saturated rings. The Balaban J connectivity index is 0.00000132. The van der Waals surface area contributed by atoms with Crippen LogP contribution in [0.5, 0.6) is 0 Å². The van der Waals surface area contributed by atoms with Gasteiger partial charge >= 0.3 is 0 Å². The number of hydrogen-bond donors (Lipinski definition) is 3. The summed E-state index contributed by atoms with van der Waals surface area (Å²) in [5.74, 6) is 1.18. The minimum atomic E-state index is -0.621. The maximum absolute atomic E-state index is 12.3. The summed E-state index contributed by atoms with van der Waals surface area (Å²) >= 11 is 4.45. The topological polar surface area (TPSA) is 148 Å². The van der Waals surface area contributed by atoms with Gasteiger partial charge in [0.25, 0.3) is 0 Å². The number of ether oxygens (including phenoxy) is 1. The first-order valence-electron chi connectivity index (χ1n) is 13.4. The lowest BCUT2D eigenvalue weighted by atomic mass is 10.0. The zero-order chi connectivity index (χ0) is 31.5. The van der Waals surface area contributed by atoms with Gasteiger partial charge in [-0.3, -0.25) is 19.7 Å². The van der Waals surface area contributed by atoms with E-state index < -0.39 is 6.04 Å². The third-order valence-electron chi connectivity index (χ3n) is 5.27. The Labute approximate surface area is 261 Å². The van der Waals surface area contributed by atoms with Crippen molar-refractivity contribution >= 4 is 62.9 Å². The number of nitrogens with one attached hydrogen (secondary N) is 3. The lowest BCUT2D eigenvalue weighted by Crippen LogP contribution is -2.43. The van der Waals surface area contributed by atoms with Gasteiger partial charge in [0.2, 0.25) is 28.5 Å². The molecule has 3 amide bonds. The number of hydrogen-bond acceptors (Lipinski definition) is 11. The highest BCUT2D eigenvalue weighted by Gasteiger charge is 2.22. The molecule has 11 nitrogen and oxygen atoms in total. The number of carbonyl (C=O) groups excluding carboxylic acids is 3. The van der Waals surface area contributed by atoms with Crippen molar-refractivity contribution in [1.29, 1.82) is 0 Å². The van der Waals surface area contributed by atoms with Crippen molar-refractivity contribution in [1.82, 2.24) is 25.7 Å². The van der Waals surface area contributed by atoms with Gasteiger partial charge in [0, 0.05) is 20.0 Å². The highest BCUT2D eigenvalue weighted by Crippen LogP contribution is 2.20. The van der Waals surface area contributed by atoms with E-state index in [-0.39, 0.29) is 29.8 Å². The summed E-state index contributed by atoms with van der Waals surface area (Å²) in [5, 5.41) is 26.9. The number of thioether (sulfide) groups is 1. The molecule has 3 N–H and O–H groups in total. The van der Waals surface area contributed by atoms with E-state index >= 15 is 0 Å². The number of rotatable bonds is 16. The van der Waals surface area contributed by atoms with Gasteiger partial charge in [-0.25, -0.2) is 0 Å². The van der Waals surface area contributed by atoms with Crippen molar-refractivity contribution < 1.29 is 19.1 Å². The quantitative estimate of drug-likeness (QED) is 0.130. The summed E-state index contributed by atoms with van der Waals surface area (Å²) in [6, 6.07) is -0.621. The minimum Gasteiger partial charge on any atom is -0.379 e. The first kappa shape index (κ1) is 37.1. The van der Waals surface area contributed by atoms with Crippen LogP contribution in [0.2, 0.25) is 0 Å². The van der Waals surface area contributed by atoms with Gasteiger partial charge in [-0.1, -0.05) is 67.4 Å². The maximum atomic E-state index is 12.3. The SMILES string of the molecule is C=C/C(=C\C=C/C)CC(=O)Nc1nnc(CCSCCc2nnc(NC(=O)C(NC=O)C(C)C)s2)s1.COC(C)(C)C. The number of nitrogens with zero attached hydrogens (tertiary/aromatic N) is 4. The van der Waals surface area contributed by atoms with Crippen LogP contribution in [0.15, 0.2) is 36.5 Å². The predicted molar refractivity (Wildman–Crippen MR) is 174 cm³/mol.